The zero-order valence-corrected chi connectivity index (χ0v) is 8.95. The van der Waals surface area contributed by atoms with Crippen LogP contribution in [-0.2, 0) is 0 Å². The Morgan fingerprint density at radius 1 is 1.40 bits per heavy atom. The smallest absolute Gasteiger partial charge is 0.253 e. The molecule has 2 rings (SSSR count). The summed E-state index contributed by atoms with van der Waals surface area (Å²) in [6, 6.07) is 7.71. The molecule has 0 saturated heterocycles. The van der Waals surface area contributed by atoms with Crippen LogP contribution in [0.5, 0.6) is 0 Å². The second-order valence-corrected chi connectivity index (χ2v) is 3.60. The first-order valence-corrected chi connectivity index (χ1v) is 5.05. The first-order valence-electron chi connectivity index (χ1n) is 5.05. The molecule has 0 saturated carbocycles. The quantitative estimate of drug-likeness (QED) is 0.796. The molecule has 1 amide bonds. The van der Waals surface area contributed by atoms with Gasteiger partial charge in [-0.15, -0.1) is 0 Å². The van der Waals surface area contributed by atoms with Crippen LogP contribution < -0.4 is 0 Å². The molecule has 1 N–H and O–H groups in total. The summed E-state index contributed by atoms with van der Waals surface area (Å²) in [5, 5.41) is 1.13. The topological polar surface area (TPSA) is 36.1 Å². The lowest BCUT2D eigenvalue weighted by Gasteiger charge is -2.14. The van der Waals surface area contributed by atoms with Gasteiger partial charge in [-0.05, 0) is 30.5 Å². The third kappa shape index (κ3) is 1.73. The third-order valence-electron chi connectivity index (χ3n) is 2.62. The Morgan fingerprint density at radius 3 is 2.93 bits per heavy atom. The molecule has 2 aromatic rings. The van der Waals surface area contributed by atoms with Crippen molar-refractivity contribution in [3.8, 4) is 0 Å². The number of amides is 1. The monoisotopic (exact) mass is 202 g/mol. The van der Waals surface area contributed by atoms with Gasteiger partial charge in [-0.1, -0.05) is 6.07 Å². The lowest BCUT2D eigenvalue weighted by molar-refractivity contribution is 0.0802. The van der Waals surface area contributed by atoms with Gasteiger partial charge in [0.25, 0.3) is 5.91 Å². The molecule has 0 aliphatic heterocycles. The molecule has 1 heterocycles. The highest BCUT2D eigenvalue weighted by Crippen LogP contribution is 2.15. The van der Waals surface area contributed by atoms with Gasteiger partial charge in [0.15, 0.2) is 0 Å². The number of H-pyrrole nitrogens is 1. The first kappa shape index (κ1) is 9.77. The molecule has 3 nitrogen and oxygen atoms in total. The fraction of sp³-hybridized carbons (Fsp3) is 0.250. The lowest BCUT2D eigenvalue weighted by atomic mass is 10.1. The lowest BCUT2D eigenvalue weighted by Crippen LogP contribution is -2.26. The Bertz CT molecular complexity index is 487. The van der Waals surface area contributed by atoms with E-state index in [1.807, 2.05) is 37.4 Å². The van der Waals surface area contributed by atoms with Crippen LogP contribution in [0.4, 0.5) is 0 Å². The summed E-state index contributed by atoms with van der Waals surface area (Å²) >= 11 is 0. The van der Waals surface area contributed by atoms with Gasteiger partial charge in [-0.25, -0.2) is 0 Å². The van der Waals surface area contributed by atoms with Gasteiger partial charge in [0.2, 0.25) is 0 Å². The molecule has 78 valence electrons. The highest BCUT2D eigenvalue weighted by atomic mass is 16.2. The zero-order valence-electron chi connectivity index (χ0n) is 8.95. The Kier molecular flexibility index (Phi) is 2.46. The minimum atomic E-state index is 0.0639. The van der Waals surface area contributed by atoms with E-state index in [-0.39, 0.29) is 5.91 Å². The maximum absolute atomic E-state index is 11.9. The summed E-state index contributed by atoms with van der Waals surface area (Å²) in [5.41, 5.74) is 1.74. The molecule has 0 spiro atoms. The molecule has 3 heteroatoms. The summed E-state index contributed by atoms with van der Waals surface area (Å²) in [6.07, 6.45) is 1.88. The Balaban J connectivity index is 2.39. The molecule has 0 fully saturated rings. The largest absolute Gasteiger partial charge is 0.361 e. The number of hydrogen-bond donors (Lipinski definition) is 1. The molecule has 0 bridgehead atoms. The molecule has 1 aromatic heterocycles. The number of hydrogen-bond acceptors (Lipinski definition) is 1. The van der Waals surface area contributed by atoms with Gasteiger partial charge < -0.3 is 9.88 Å². The summed E-state index contributed by atoms with van der Waals surface area (Å²) in [7, 11) is 1.81. The van der Waals surface area contributed by atoms with E-state index >= 15 is 0 Å². The first-order chi connectivity index (χ1) is 7.22. The van der Waals surface area contributed by atoms with E-state index < -0.39 is 0 Å². The molecule has 0 unspecified atom stereocenters. The third-order valence-corrected chi connectivity index (χ3v) is 2.62. The van der Waals surface area contributed by atoms with Crippen LogP contribution in [-0.4, -0.2) is 29.4 Å². The van der Waals surface area contributed by atoms with Crippen molar-refractivity contribution in [2.24, 2.45) is 0 Å². The van der Waals surface area contributed by atoms with E-state index in [0.29, 0.717) is 0 Å². The number of benzene rings is 1. The van der Waals surface area contributed by atoms with Crippen LogP contribution >= 0.6 is 0 Å². The van der Waals surface area contributed by atoms with Crippen LogP contribution in [0.3, 0.4) is 0 Å². The number of aromatic nitrogens is 1. The van der Waals surface area contributed by atoms with Gasteiger partial charge in [0.05, 0.1) is 0 Å². The molecule has 1 aromatic carbocycles. The summed E-state index contributed by atoms with van der Waals surface area (Å²) in [5.74, 6) is 0.0639. The summed E-state index contributed by atoms with van der Waals surface area (Å²) in [4.78, 5) is 16.7. The molecular weight excluding hydrogens is 188 g/mol. The number of rotatable bonds is 2. The van der Waals surface area contributed by atoms with E-state index in [2.05, 4.69) is 4.98 Å². The van der Waals surface area contributed by atoms with Gasteiger partial charge in [-0.3, -0.25) is 4.79 Å². The standard InChI is InChI=1S/C12H14N2O/c1-3-14(2)12(15)10-5-4-9-6-7-13-11(9)8-10/h4-8,13H,3H2,1-2H3. The van der Waals surface area contributed by atoms with Crippen molar-refractivity contribution in [1.82, 2.24) is 9.88 Å². The fourth-order valence-electron chi connectivity index (χ4n) is 1.54. The van der Waals surface area contributed by atoms with Crippen LogP contribution in [0, 0.1) is 0 Å². The molecule has 15 heavy (non-hydrogen) atoms. The minimum Gasteiger partial charge on any atom is -0.361 e. The van der Waals surface area contributed by atoms with E-state index in [4.69, 9.17) is 0 Å². The minimum absolute atomic E-state index is 0.0639. The molecule has 0 atom stereocenters. The predicted molar refractivity (Wildman–Crippen MR) is 60.9 cm³/mol. The van der Waals surface area contributed by atoms with Crippen molar-refractivity contribution < 1.29 is 4.79 Å². The van der Waals surface area contributed by atoms with Crippen molar-refractivity contribution in [3.05, 3.63) is 36.0 Å². The maximum Gasteiger partial charge on any atom is 0.253 e. The van der Waals surface area contributed by atoms with Gasteiger partial charge in [-0.2, -0.15) is 0 Å². The summed E-state index contributed by atoms with van der Waals surface area (Å²) in [6.45, 7) is 2.69. The highest BCUT2D eigenvalue weighted by molar-refractivity contribution is 5.97. The molecule has 0 aliphatic rings. The van der Waals surface area contributed by atoms with E-state index in [1.165, 1.54) is 0 Å². The van der Waals surface area contributed by atoms with Crippen molar-refractivity contribution >= 4 is 16.8 Å². The number of aromatic amines is 1. The van der Waals surface area contributed by atoms with E-state index in [9.17, 15) is 4.79 Å². The number of carbonyl (C=O) groups is 1. The van der Waals surface area contributed by atoms with Crippen LogP contribution in [0.1, 0.15) is 17.3 Å². The molecular formula is C12H14N2O. The predicted octanol–water partition coefficient (Wildman–Crippen LogP) is 2.26. The number of nitrogens with one attached hydrogen (secondary N) is 1. The fourth-order valence-corrected chi connectivity index (χ4v) is 1.54. The van der Waals surface area contributed by atoms with Gasteiger partial charge in [0, 0.05) is 30.9 Å². The van der Waals surface area contributed by atoms with Gasteiger partial charge >= 0.3 is 0 Å². The van der Waals surface area contributed by atoms with Crippen molar-refractivity contribution in [1.29, 1.82) is 0 Å². The van der Waals surface area contributed by atoms with E-state index in [0.717, 1.165) is 23.0 Å². The second-order valence-electron chi connectivity index (χ2n) is 3.60. The summed E-state index contributed by atoms with van der Waals surface area (Å²) < 4.78 is 0. The zero-order chi connectivity index (χ0) is 10.8. The van der Waals surface area contributed by atoms with Crippen molar-refractivity contribution in [3.63, 3.8) is 0 Å². The average Bonchev–Trinajstić information content (AvgIpc) is 2.73. The normalized spacial score (nSPS) is 10.5. The molecule has 0 aliphatic carbocycles. The highest BCUT2D eigenvalue weighted by Gasteiger charge is 2.10. The van der Waals surface area contributed by atoms with Gasteiger partial charge in [0.1, 0.15) is 0 Å². The number of fused-ring (bicyclic) bond motifs is 1. The SMILES string of the molecule is CCN(C)C(=O)c1ccc2cc[nH]c2c1. The van der Waals surface area contributed by atoms with E-state index in [1.54, 1.807) is 11.9 Å². The molecule has 0 radical (unpaired) electrons. The Hall–Kier alpha value is -1.77. The van der Waals surface area contributed by atoms with Crippen LogP contribution in [0.25, 0.3) is 10.9 Å². The Morgan fingerprint density at radius 2 is 2.20 bits per heavy atom. The van der Waals surface area contributed by atoms with Crippen molar-refractivity contribution in [2.45, 2.75) is 6.92 Å². The number of nitrogens with zero attached hydrogens (tertiary/aromatic N) is 1. The second kappa shape index (κ2) is 3.77. The van der Waals surface area contributed by atoms with Crippen LogP contribution in [0.2, 0.25) is 0 Å². The number of carbonyl (C=O) groups excluding carboxylic acids is 1. The average molecular weight is 202 g/mol. The Labute approximate surface area is 88.7 Å². The van der Waals surface area contributed by atoms with Crippen LogP contribution in [0.15, 0.2) is 30.5 Å². The van der Waals surface area contributed by atoms with Crippen molar-refractivity contribution in [2.75, 3.05) is 13.6 Å². The maximum atomic E-state index is 11.9.